The molecular weight excluding hydrogens is 474 g/mol. The van der Waals surface area contributed by atoms with E-state index >= 15 is 0 Å². The second-order valence-corrected chi connectivity index (χ2v) is 11.0. The molecule has 0 saturated carbocycles. The summed E-state index contributed by atoms with van der Waals surface area (Å²) in [5.74, 6) is 1.89. The molecule has 6 aromatic carbocycles. The van der Waals surface area contributed by atoms with Crippen LogP contribution in [0.4, 0.5) is 0 Å². The minimum Gasteiger partial charge on any atom is -0.457 e. The van der Waals surface area contributed by atoms with Crippen LogP contribution < -0.4 is 4.74 Å². The number of fused-ring (bicyclic) bond motifs is 7. The fourth-order valence-electron chi connectivity index (χ4n) is 6.52. The van der Waals surface area contributed by atoms with E-state index in [2.05, 4.69) is 140 Å². The van der Waals surface area contributed by atoms with Crippen LogP contribution in [0.5, 0.6) is 11.5 Å². The van der Waals surface area contributed by atoms with E-state index in [1.165, 1.54) is 60.5 Å². The Hall–Kier alpha value is -4.82. The summed E-state index contributed by atoms with van der Waals surface area (Å²) in [4.78, 5) is 0. The van der Waals surface area contributed by atoms with Crippen molar-refractivity contribution in [3.05, 3.63) is 139 Å². The molecule has 0 spiro atoms. The van der Waals surface area contributed by atoms with Crippen LogP contribution in [0.15, 0.2) is 127 Å². The number of hydrogen-bond donors (Lipinski definition) is 0. The van der Waals surface area contributed by atoms with Crippen LogP contribution >= 0.6 is 0 Å². The Morgan fingerprint density at radius 1 is 0.538 bits per heavy atom. The molecule has 1 aliphatic rings. The molecule has 0 atom stereocenters. The van der Waals surface area contributed by atoms with Crippen LogP contribution in [0, 0.1) is 0 Å². The summed E-state index contributed by atoms with van der Waals surface area (Å²) in [5, 5.41) is 5.03. The third kappa shape index (κ3) is 3.15. The predicted octanol–water partition coefficient (Wildman–Crippen LogP) is 10.0. The number of para-hydroxylation sites is 3. The summed E-state index contributed by atoms with van der Waals surface area (Å²) >= 11 is 0. The highest BCUT2D eigenvalue weighted by molar-refractivity contribution is 6.22. The molecule has 0 saturated heterocycles. The number of rotatable bonds is 2. The maximum absolute atomic E-state index is 6.37. The van der Waals surface area contributed by atoms with Crippen molar-refractivity contribution in [3.8, 4) is 28.3 Å². The Kier molecular flexibility index (Phi) is 4.60. The van der Waals surface area contributed by atoms with Crippen LogP contribution in [0.25, 0.3) is 49.4 Å². The van der Waals surface area contributed by atoms with Gasteiger partial charge in [0.1, 0.15) is 11.5 Å². The zero-order valence-electron chi connectivity index (χ0n) is 22.0. The van der Waals surface area contributed by atoms with Crippen LogP contribution in [0.2, 0.25) is 0 Å². The Morgan fingerprint density at radius 3 is 2.05 bits per heavy atom. The van der Waals surface area contributed by atoms with E-state index in [4.69, 9.17) is 4.74 Å². The normalized spacial score (nSPS) is 13.8. The van der Waals surface area contributed by atoms with Crippen molar-refractivity contribution in [3.63, 3.8) is 0 Å². The average molecular weight is 502 g/mol. The Bertz CT molecular complexity index is 2060. The first-order valence-corrected chi connectivity index (χ1v) is 13.5. The lowest BCUT2D eigenvalue weighted by Crippen LogP contribution is -2.24. The first-order chi connectivity index (χ1) is 19.1. The third-order valence-electron chi connectivity index (χ3n) is 8.43. The van der Waals surface area contributed by atoms with Crippen molar-refractivity contribution in [1.29, 1.82) is 0 Å². The lowest BCUT2D eigenvalue weighted by Gasteiger charge is -2.34. The van der Waals surface area contributed by atoms with Crippen LogP contribution in [-0.2, 0) is 5.41 Å². The van der Waals surface area contributed by atoms with Gasteiger partial charge in [-0.15, -0.1) is 0 Å². The van der Waals surface area contributed by atoms with E-state index in [1.54, 1.807) is 0 Å². The summed E-state index contributed by atoms with van der Waals surface area (Å²) < 4.78 is 8.78. The third-order valence-corrected chi connectivity index (χ3v) is 8.43. The molecule has 0 bridgehead atoms. The highest BCUT2D eigenvalue weighted by Gasteiger charge is 2.34. The summed E-state index contributed by atoms with van der Waals surface area (Å²) in [6.07, 6.45) is 0. The zero-order valence-corrected chi connectivity index (χ0v) is 22.0. The molecule has 2 nitrogen and oxygen atoms in total. The number of ether oxygens (including phenoxy) is 1. The molecule has 0 N–H and O–H groups in total. The Morgan fingerprint density at radius 2 is 1.21 bits per heavy atom. The summed E-state index contributed by atoms with van der Waals surface area (Å²) in [6, 6.07) is 45.8. The SMILES string of the molecule is CC1(C)c2ccccc2Oc2ccc(-c3cc4c5ccccc5n(-c5ccccc5)c4c4ccccc34)cc21. The van der Waals surface area contributed by atoms with E-state index in [0.29, 0.717) is 0 Å². The van der Waals surface area contributed by atoms with E-state index in [1.807, 2.05) is 6.07 Å². The molecule has 8 rings (SSSR count). The van der Waals surface area contributed by atoms with E-state index in [-0.39, 0.29) is 5.41 Å². The maximum Gasteiger partial charge on any atom is 0.131 e. The fraction of sp³-hybridized carbons (Fsp3) is 0.0811. The predicted molar refractivity (Wildman–Crippen MR) is 162 cm³/mol. The minimum absolute atomic E-state index is 0.163. The van der Waals surface area contributed by atoms with Crippen molar-refractivity contribution in [1.82, 2.24) is 4.57 Å². The van der Waals surface area contributed by atoms with Gasteiger partial charge in [0.15, 0.2) is 0 Å². The summed E-state index contributed by atoms with van der Waals surface area (Å²) in [5.41, 5.74) is 8.37. The van der Waals surface area contributed by atoms with Crippen LogP contribution in [0.3, 0.4) is 0 Å². The molecule has 2 heteroatoms. The van der Waals surface area contributed by atoms with E-state index in [0.717, 1.165) is 11.5 Å². The van der Waals surface area contributed by atoms with Crippen molar-refractivity contribution in [2.45, 2.75) is 19.3 Å². The van der Waals surface area contributed by atoms with Gasteiger partial charge in [-0.1, -0.05) is 98.8 Å². The van der Waals surface area contributed by atoms with Gasteiger partial charge in [0, 0.05) is 38.4 Å². The molecule has 0 unspecified atom stereocenters. The molecule has 2 heterocycles. The molecule has 0 amide bonds. The van der Waals surface area contributed by atoms with Crippen molar-refractivity contribution < 1.29 is 4.74 Å². The molecule has 7 aromatic rings. The lowest BCUT2D eigenvalue weighted by molar-refractivity contribution is 0.418. The Balaban J connectivity index is 1.44. The molecule has 186 valence electrons. The maximum atomic E-state index is 6.37. The highest BCUT2D eigenvalue weighted by Crippen LogP contribution is 2.49. The molecule has 0 fully saturated rings. The summed E-state index contributed by atoms with van der Waals surface area (Å²) in [6.45, 7) is 4.59. The number of hydrogen-bond acceptors (Lipinski definition) is 1. The van der Waals surface area contributed by atoms with Crippen LogP contribution in [0.1, 0.15) is 25.0 Å². The van der Waals surface area contributed by atoms with Gasteiger partial charge in [0.05, 0.1) is 11.0 Å². The highest BCUT2D eigenvalue weighted by atomic mass is 16.5. The van der Waals surface area contributed by atoms with Gasteiger partial charge < -0.3 is 9.30 Å². The minimum atomic E-state index is -0.163. The zero-order chi connectivity index (χ0) is 26.1. The topological polar surface area (TPSA) is 14.2 Å². The Labute approximate surface area is 227 Å². The monoisotopic (exact) mass is 501 g/mol. The quantitative estimate of drug-likeness (QED) is 0.230. The van der Waals surface area contributed by atoms with Crippen LogP contribution in [-0.4, -0.2) is 4.57 Å². The standard InChI is InChI=1S/C37H27NO/c1-37(2)31-17-9-11-19-34(31)39-35-21-20-24(22-32(35)37)29-23-30-27-15-8-10-18-33(27)38(25-12-4-3-5-13-25)36(30)28-16-7-6-14-26(28)29/h3-23H,1-2H3. The molecule has 1 aliphatic heterocycles. The molecule has 0 aliphatic carbocycles. The molecule has 39 heavy (non-hydrogen) atoms. The largest absolute Gasteiger partial charge is 0.457 e. The molecule has 1 aromatic heterocycles. The van der Waals surface area contributed by atoms with Gasteiger partial charge in [-0.25, -0.2) is 0 Å². The second-order valence-electron chi connectivity index (χ2n) is 11.0. The van der Waals surface area contributed by atoms with E-state index in [9.17, 15) is 0 Å². The van der Waals surface area contributed by atoms with Gasteiger partial charge in [0.25, 0.3) is 0 Å². The van der Waals surface area contributed by atoms with Gasteiger partial charge in [-0.2, -0.15) is 0 Å². The smallest absolute Gasteiger partial charge is 0.131 e. The van der Waals surface area contributed by atoms with Crippen molar-refractivity contribution in [2.24, 2.45) is 0 Å². The van der Waals surface area contributed by atoms with Gasteiger partial charge in [-0.3, -0.25) is 0 Å². The van der Waals surface area contributed by atoms with Gasteiger partial charge in [0.2, 0.25) is 0 Å². The number of nitrogens with zero attached hydrogens (tertiary/aromatic N) is 1. The van der Waals surface area contributed by atoms with Gasteiger partial charge >= 0.3 is 0 Å². The fourth-order valence-corrected chi connectivity index (χ4v) is 6.52. The van der Waals surface area contributed by atoms with E-state index < -0.39 is 0 Å². The molecule has 0 radical (unpaired) electrons. The number of aromatic nitrogens is 1. The molecular formula is C37H27NO. The lowest BCUT2D eigenvalue weighted by atomic mass is 9.75. The summed E-state index contributed by atoms with van der Waals surface area (Å²) in [7, 11) is 0. The van der Waals surface area contributed by atoms with Crippen molar-refractivity contribution in [2.75, 3.05) is 0 Å². The first-order valence-electron chi connectivity index (χ1n) is 13.5. The first kappa shape index (κ1) is 22.2. The van der Waals surface area contributed by atoms with Crippen molar-refractivity contribution >= 4 is 32.6 Å². The average Bonchev–Trinajstić information content (AvgIpc) is 3.32. The second kappa shape index (κ2) is 8.09. The van der Waals surface area contributed by atoms with Gasteiger partial charge in [-0.05, 0) is 59.0 Å². The number of benzene rings is 6.